The van der Waals surface area contributed by atoms with Crippen molar-refractivity contribution in [1.29, 1.82) is 0 Å². The molecule has 2 unspecified atom stereocenters. The van der Waals surface area contributed by atoms with E-state index in [1.54, 1.807) is 60.7 Å². The van der Waals surface area contributed by atoms with E-state index >= 15 is 0 Å². The Kier molecular flexibility index (Phi) is 4.03. The maximum absolute atomic E-state index is 12.5. The van der Waals surface area contributed by atoms with Crippen LogP contribution in [-0.4, -0.2) is 29.4 Å². The summed E-state index contributed by atoms with van der Waals surface area (Å²) < 4.78 is 37.8. The van der Waals surface area contributed by atoms with Crippen LogP contribution in [0.15, 0.2) is 60.7 Å². The predicted octanol–water partition coefficient (Wildman–Crippen LogP) is 1.78. The molecule has 2 aromatic carbocycles. The van der Waals surface area contributed by atoms with Gasteiger partial charge in [-0.15, -0.1) is 0 Å². The highest BCUT2D eigenvalue weighted by atomic mass is 32.2. The quantitative estimate of drug-likeness (QED) is 0.828. The number of para-hydroxylation sites is 1. The second kappa shape index (κ2) is 5.99. The predicted molar refractivity (Wildman–Crippen MR) is 82.5 cm³/mol. The van der Waals surface area contributed by atoms with Crippen LogP contribution in [0.4, 0.5) is 5.69 Å². The number of nitrogens with zero attached hydrogens (tertiary/aromatic N) is 1. The van der Waals surface area contributed by atoms with Crippen molar-refractivity contribution in [3.8, 4) is 0 Å². The summed E-state index contributed by atoms with van der Waals surface area (Å²) in [4.78, 5) is 12.5. The minimum absolute atomic E-state index is 0.492. The second-order valence-electron chi connectivity index (χ2n) is 4.93. The summed E-state index contributed by atoms with van der Waals surface area (Å²) in [6.07, 6.45) is -1.11. The van der Waals surface area contributed by atoms with Gasteiger partial charge in [-0.25, -0.2) is 5.01 Å². The molecule has 1 saturated heterocycles. The lowest BCUT2D eigenvalue weighted by Crippen LogP contribution is -2.43. The van der Waals surface area contributed by atoms with Crippen LogP contribution in [0.5, 0.6) is 0 Å². The Bertz CT molecular complexity index is 795. The van der Waals surface area contributed by atoms with Gasteiger partial charge in [-0.1, -0.05) is 48.5 Å². The van der Waals surface area contributed by atoms with E-state index in [0.717, 1.165) is 5.01 Å². The maximum Gasteiger partial charge on any atom is 0.314 e. The van der Waals surface area contributed by atoms with Crippen LogP contribution in [0.25, 0.3) is 0 Å². The van der Waals surface area contributed by atoms with Gasteiger partial charge in [-0.3, -0.25) is 14.8 Å². The number of ether oxygens (including phenoxy) is 1. The Morgan fingerprint density at radius 3 is 2.13 bits per heavy atom. The average molecular weight is 334 g/mol. The molecule has 0 spiro atoms. The summed E-state index contributed by atoms with van der Waals surface area (Å²) in [5.74, 6) is -0.609. The van der Waals surface area contributed by atoms with Crippen LogP contribution >= 0.6 is 0 Å². The third-order valence-electron chi connectivity index (χ3n) is 3.31. The highest BCUT2D eigenvalue weighted by molar-refractivity contribution is 7.86. The molecule has 0 saturated carbocycles. The monoisotopic (exact) mass is 334 g/mol. The number of rotatable bonds is 4. The first-order valence-corrected chi connectivity index (χ1v) is 8.28. The number of amides is 1. The van der Waals surface area contributed by atoms with Crippen LogP contribution in [0.2, 0.25) is 0 Å². The molecule has 2 aromatic rings. The first-order valence-electron chi connectivity index (χ1n) is 6.78. The SMILES string of the molecule is O=C1C(c2ccccc2)OC(S(=O)(=O)O)N1Nc1ccccc1. The van der Waals surface area contributed by atoms with Crippen LogP contribution in [0, 0.1) is 0 Å². The maximum atomic E-state index is 12.5. The standard InChI is InChI=1S/C15H14N2O5S/c18-14-13(11-7-3-1-4-8-11)22-15(23(19,20)21)17(14)16-12-9-5-2-6-10-12/h1-10,13,15-16H,(H,19,20,21). The highest BCUT2D eigenvalue weighted by Gasteiger charge is 2.48. The number of nitrogens with one attached hydrogen (secondary N) is 1. The van der Waals surface area contributed by atoms with E-state index in [1.807, 2.05) is 0 Å². The number of hydrazine groups is 1. The highest BCUT2D eigenvalue weighted by Crippen LogP contribution is 2.32. The third kappa shape index (κ3) is 3.19. The van der Waals surface area contributed by atoms with Crippen molar-refractivity contribution in [3.05, 3.63) is 66.2 Å². The molecule has 1 aliphatic rings. The lowest BCUT2D eigenvalue weighted by Gasteiger charge is -2.21. The van der Waals surface area contributed by atoms with E-state index in [9.17, 15) is 17.8 Å². The molecule has 0 bridgehead atoms. The molecule has 2 N–H and O–H groups in total. The lowest BCUT2D eigenvalue weighted by molar-refractivity contribution is -0.129. The summed E-state index contributed by atoms with van der Waals surface area (Å²) in [5.41, 5.74) is 1.84. The van der Waals surface area contributed by atoms with Crippen molar-refractivity contribution in [1.82, 2.24) is 5.01 Å². The van der Waals surface area contributed by atoms with Gasteiger partial charge in [0.05, 0.1) is 5.69 Å². The van der Waals surface area contributed by atoms with Gasteiger partial charge in [0.15, 0.2) is 6.10 Å². The number of carbonyl (C=O) groups excluding carboxylic acids is 1. The van der Waals surface area contributed by atoms with Crippen molar-refractivity contribution in [2.45, 2.75) is 11.7 Å². The molecule has 3 rings (SSSR count). The number of benzene rings is 2. The van der Waals surface area contributed by atoms with E-state index in [-0.39, 0.29) is 0 Å². The molecule has 0 aliphatic carbocycles. The van der Waals surface area contributed by atoms with Crippen molar-refractivity contribution in [2.75, 3.05) is 5.43 Å². The molecular formula is C15H14N2O5S. The van der Waals surface area contributed by atoms with E-state index in [1.165, 1.54) is 0 Å². The fourth-order valence-corrected chi connectivity index (χ4v) is 2.95. The number of hydrogen-bond acceptors (Lipinski definition) is 5. The molecule has 0 radical (unpaired) electrons. The van der Waals surface area contributed by atoms with Crippen LogP contribution in [-0.2, 0) is 19.6 Å². The Hall–Kier alpha value is -2.42. The van der Waals surface area contributed by atoms with E-state index in [0.29, 0.717) is 11.3 Å². The fourth-order valence-electron chi connectivity index (χ4n) is 2.28. The zero-order valence-electron chi connectivity index (χ0n) is 11.9. The van der Waals surface area contributed by atoms with Gasteiger partial charge in [0.1, 0.15) is 0 Å². The normalized spacial score (nSPS) is 21.4. The molecule has 120 valence electrons. The van der Waals surface area contributed by atoms with Gasteiger partial charge in [0.25, 0.3) is 11.5 Å². The average Bonchev–Trinajstić information content (AvgIpc) is 2.86. The van der Waals surface area contributed by atoms with E-state index in [4.69, 9.17) is 4.74 Å². The molecule has 2 atom stereocenters. The number of anilines is 1. The van der Waals surface area contributed by atoms with Gasteiger partial charge >= 0.3 is 10.1 Å². The summed E-state index contributed by atoms with van der Waals surface area (Å²) in [6.45, 7) is 0. The molecule has 0 aromatic heterocycles. The summed E-state index contributed by atoms with van der Waals surface area (Å²) in [6, 6.07) is 17.0. The van der Waals surface area contributed by atoms with Crippen molar-refractivity contribution < 1.29 is 22.5 Å². The van der Waals surface area contributed by atoms with Crippen LogP contribution in [0.1, 0.15) is 11.7 Å². The first-order chi connectivity index (χ1) is 11.0. The molecule has 7 nitrogen and oxygen atoms in total. The molecule has 23 heavy (non-hydrogen) atoms. The van der Waals surface area contributed by atoms with Crippen LogP contribution < -0.4 is 5.43 Å². The summed E-state index contributed by atoms with van der Waals surface area (Å²) in [5, 5.41) is 0.780. The van der Waals surface area contributed by atoms with Gasteiger partial charge in [-0.05, 0) is 17.7 Å². The topological polar surface area (TPSA) is 95.9 Å². The van der Waals surface area contributed by atoms with Crippen molar-refractivity contribution in [2.24, 2.45) is 0 Å². The van der Waals surface area contributed by atoms with Crippen LogP contribution in [0.3, 0.4) is 0 Å². The Balaban J connectivity index is 1.93. The molecule has 1 fully saturated rings. The second-order valence-corrected chi connectivity index (χ2v) is 6.37. The zero-order valence-corrected chi connectivity index (χ0v) is 12.7. The van der Waals surface area contributed by atoms with E-state index in [2.05, 4.69) is 5.43 Å². The lowest BCUT2D eigenvalue weighted by atomic mass is 10.1. The molecule has 1 heterocycles. The Morgan fingerprint density at radius 1 is 1.00 bits per heavy atom. The van der Waals surface area contributed by atoms with Gasteiger partial charge in [0.2, 0.25) is 0 Å². The fraction of sp³-hybridized carbons (Fsp3) is 0.133. The minimum Gasteiger partial charge on any atom is -0.323 e. The number of carbonyl (C=O) groups is 1. The Labute approximate surface area is 133 Å². The summed E-state index contributed by atoms with van der Waals surface area (Å²) in [7, 11) is -4.63. The summed E-state index contributed by atoms with van der Waals surface area (Å²) >= 11 is 0. The third-order valence-corrected chi connectivity index (χ3v) is 4.14. The van der Waals surface area contributed by atoms with E-state index < -0.39 is 27.7 Å². The number of hydrogen-bond donors (Lipinski definition) is 2. The van der Waals surface area contributed by atoms with Gasteiger partial charge < -0.3 is 4.74 Å². The largest absolute Gasteiger partial charge is 0.323 e. The van der Waals surface area contributed by atoms with Crippen molar-refractivity contribution >= 4 is 21.7 Å². The van der Waals surface area contributed by atoms with Gasteiger partial charge in [0, 0.05) is 0 Å². The minimum atomic E-state index is -4.63. The zero-order chi connectivity index (χ0) is 16.4. The van der Waals surface area contributed by atoms with Gasteiger partial charge in [-0.2, -0.15) is 8.42 Å². The Morgan fingerprint density at radius 2 is 1.57 bits per heavy atom. The molecule has 1 aliphatic heterocycles. The molecule has 8 heteroatoms. The molecular weight excluding hydrogens is 320 g/mol. The first kappa shape index (κ1) is 15.5. The smallest absolute Gasteiger partial charge is 0.314 e. The van der Waals surface area contributed by atoms with Crippen molar-refractivity contribution in [3.63, 3.8) is 0 Å². The molecule has 1 amide bonds.